The van der Waals surface area contributed by atoms with Crippen molar-refractivity contribution >= 4 is 23.4 Å². The van der Waals surface area contributed by atoms with Gasteiger partial charge in [-0.05, 0) is 43.3 Å². The second kappa shape index (κ2) is 8.38. The van der Waals surface area contributed by atoms with Gasteiger partial charge in [-0.2, -0.15) is 5.10 Å². The maximum atomic E-state index is 12.7. The van der Waals surface area contributed by atoms with Gasteiger partial charge < -0.3 is 9.88 Å². The summed E-state index contributed by atoms with van der Waals surface area (Å²) in [6, 6.07) is 18.1. The van der Waals surface area contributed by atoms with Gasteiger partial charge in [0.05, 0.1) is 5.69 Å². The first kappa shape index (κ1) is 19.7. The topological polar surface area (TPSA) is 81.8 Å². The van der Waals surface area contributed by atoms with Crippen LogP contribution in [0.25, 0.3) is 5.69 Å². The second-order valence-corrected chi connectivity index (χ2v) is 7.69. The normalized spacial score (nSPS) is 10.7. The lowest BCUT2D eigenvalue weighted by Gasteiger charge is -2.11. The molecule has 30 heavy (non-hydrogen) atoms. The highest BCUT2D eigenvalue weighted by Gasteiger charge is 2.15. The molecule has 1 N–H and O–H groups in total. The van der Waals surface area contributed by atoms with Gasteiger partial charge in [-0.1, -0.05) is 30.0 Å². The Kier molecular flexibility index (Phi) is 5.49. The number of aromatic nitrogens is 4. The lowest BCUT2D eigenvalue weighted by atomic mass is 10.2. The minimum absolute atomic E-state index is 0.157. The van der Waals surface area contributed by atoms with Crippen LogP contribution < -0.4 is 10.7 Å². The summed E-state index contributed by atoms with van der Waals surface area (Å²) in [6.45, 7) is 1.78. The van der Waals surface area contributed by atoms with E-state index in [4.69, 9.17) is 0 Å². The molecule has 7 nitrogen and oxygen atoms in total. The molecule has 0 aliphatic heterocycles. The number of amides is 1. The third kappa shape index (κ3) is 4.18. The zero-order chi connectivity index (χ0) is 21.1. The van der Waals surface area contributed by atoms with E-state index in [0.717, 1.165) is 15.7 Å². The zero-order valence-corrected chi connectivity index (χ0v) is 17.3. The van der Waals surface area contributed by atoms with Gasteiger partial charge >= 0.3 is 0 Å². The summed E-state index contributed by atoms with van der Waals surface area (Å²) < 4.78 is 3.52. The lowest BCUT2D eigenvalue weighted by Crippen LogP contribution is -2.26. The molecular weight excluding hydrogens is 398 g/mol. The van der Waals surface area contributed by atoms with Gasteiger partial charge in [0, 0.05) is 41.8 Å². The summed E-state index contributed by atoms with van der Waals surface area (Å²) in [5, 5.41) is 7.91. The number of rotatable bonds is 5. The molecule has 4 aromatic rings. The Hall–Kier alpha value is -3.65. The van der Waals surface area contributed by atoms with Crippen LogP contribution in [-0.2, 0) is 7.05 Å². The van der Waals surface area contributed by atoms with E-state index >= 15 is 0 Å². The van der Waals surface area contributed by atoms with Crippen molar-refractivity contribution in [2.24, 2.45) is 7.05 Å². The van der Waals surface area contributed by atoms with Gasteiger partial charge in [-0.15, -0.1) is 0 Å². The third-order valence-electron chi connectivity index (χ3n) is 4.42. The van der Waals surface area contributed by atoms with Gasteiger partial charge in [0.1, 0.15) is 0 Å². The number of nitrogens with zero attached hydrogens (tertiary/aromatic N) is 4. The van der Waals surface area contributed by atoms with Crippen LogP contribution in [0, 0.1) is 6.92 Å². The molecule has 0 saturated carbocycles. The monoisotopic (exact) mass is 417 g/mol. The summed E-state index contributed by atoms with van der Waals surface area (Å²) in [5.41, 5.74) is 1.44. The quantitative estimate of drug-likeness (QED) is 0.536. The van der Waals surface area contributed by atoms with Crippen molar-refractivity contribution in [2.75, 3.05) is 5.32 Å². The van der Waals surface area contributed by atoms with Crippen LogP contribution in [0.5, 0.6) is 0 Å². The standard InChI is InChI=1S/C22H19N5O2S/c1-15-14-19(28)20(25-27(15)17-6-4-3-5-7-17)21(29)24-16-8-10-18(11-9-16)30-22-23-12-13-26(22)2/h3-14H,1-2H3,(H,24,29). The van der Waals surface area contributed by atoms with Crippen molar-refractivity contribution in [3.8, 4) is 5.69 Å². The molecule has 4 rings (SSSR count). The second-order valence-electron chi connectivity index (χ2n) is 6.65. The highest BCUT2D eigenvalue weighted by Crippen LogP contribution is 2.26. The lowest BCUT2D eigenvalue weighted by molar-refractivity contribution is 0.101. The highest BCUT2D eigenvalue weighted by molar-refractivity contribution is 7.99. The fraction of sp³-hybridized carbons (Fsp3) is 0.0909. The molecule has 2 aromatic carbocycles. The van der Waals surface area contributed by atoms with Gasteiger partial charge in [-0.3, -0.25) is 9.59 Å². The number of hydrogen-bond acceptors (Lipinski definition) is 5. The highest BCUT2D eigenvalue weighted by atomic mass is 32.2. The van der Waals surface area contributed by atoms with Gasteiger partial charge in [-0.25, -0.2) is 9.67 Å². The molecule has 2 heterocycles. The molecule has 2 aromatic heterocycles. The molecule has 0 aliphatic rings. The average molecular weight is 417 g/mol. The Labute approximate surface area is 177 Å². The Bertz CT molecular complexity index is 1250. The number of imidazole rings is 1. The van der Waals surface area contributed by atoms with E-state index in [0.29, 0.717) is 11.4 Å². The first-order valence-corrected chi connectivity index (χ1v) is 10.1. The summed E-state index contributed by atoms with van der Waals surface area (Å²) in [5.74, 6) is -0.547. The molecule has 0 radical (unpaired) electrons. The maximum Gasteiger partial charge on any atom is 0.280 e. The van der Waals surface area contributed by atoms with Crippen LogP contribution in [0.2, 0.25) is 0 Å². The SMILES string of the molecule is Cc1cc(=O)c(C(=O)Nc2ccc(Sc3nccn3C)cc2)nn1-c1ccccc1. The van der Waals surface area contributed by atoms with Crippen LogP contribution in [0.4, 0.5) is 5.69 Å². The first-order chi connectivity index (χ1) is 14.5. The van der Waals surface area contributed by atoms with Crippen molar-refractivity contribution in [1.82, 2.24) is 19.3 Å². The Balaban J connectivity index is 1.54. The molecule has 0 saturated heterocycles. The molecule has 0 spiro atoms. The molecule has 0 aliphatic carbocycles. The molecule has 0 fully saturated rings. The molecule has 0 bridgehead atoms. The number of nitrogens with one attached hydrogen (secondary N) is 1. The summed E-state index contributed by atoms with van der Waals surface area (Å²) in [7, 11) is 1.93. The van der Waals surface area contributed by atoms with Crippen LogP contribution in [0.15, 0.2) is 87.9 Å². The van der Waals surface area contributed by atoms with Crippen LogP contribution in [0.1, 0.15) is 16.2 Å². The van der Waals surface area contributed by atoms with Crippen LogP contribution in [-0.4, -0.2) is 25.2 Å². The predicted molar refractivity (Wildman–Crippen MR) is 116 cm³/mol. The average Bonchev–Trinajstić information content (AvgIpc) is 3.14. The number of carbonyl (C=O) groups is 1. The van der Waals surface area contributed by atoms with Gasteiger partial charge in [0.25, 0.3) is 5.91 Å². The summed E-state index contributed by atoms with van der Waals surface area (Å²) in [4.78, 5) is 30.4. The largest absolute Gasteiger partial charge is 0.329 e. The smallest absolute Gasteiger partial charge is 0.280 e. The van der Waals surface area contributed by atoms with Crippen molar-refractivity contribution in [2.45, 2.75) is 17.0 Å². The fourth-order valence-electron chi connectivity index (χ4n) is 2.89. The number of anilines is 1. The molecule has 8 heteroatoms. The zero-order valence-electron chi connectivity index (χ0n) is 16.4. The van der Waals surface area contributed by atoms with Gasteiger partial charge in [0.15, 0.2) is 10.9 Å². The Morgan fingerprint density at radius 3 is 2.47 bits per heavy atom. The Morgan fingerprint density at radius 2 is 1.80 bits per heavy atom. The van der Waals surface area contributed by atoms with Crippen molar-refractivity contribution < 1.29 is 4.79 Å². The number of benzene rings is 2. The fourth-order valence-corrected chi connectivity index (χ4v) is 3.69. The van der Waals surface area contributed by atoms with Crippen molar-refractivity contribution in [3.63, 3.8) is 0 Å². The van der Waals surface area contributed by atoms with E-state index in [1.54, 1.807) is 29.9 Å². The molecule has 1 amide bonds. The molecular formula is C22H19N5O2S. The Morgan fingerprint density at radius 1 is 1.07 bits per heavy atom. The molecule has 150 valence electrons. The predicted octanol–water partition coefficient (Wildman–Crippen LogP) is 3.68. The first-order valence-electron chi connectivity index (χ1n) is 9.24. The van der Waals surface area contributed by atoms with E-state index in [1.807, 2.05) is 60.3 Å². The van der Waals surface area contributed by atoms with Crippen molar-refractivity contribution in [3.05, 3.63) is 94.7 Å². The molecule has 0 unspecified atom stereocenters. The number of aryl methyl sites for hydroxylation is 2. The number of hydrogen-bond donors (Lipinski definition) is 1. The molecule has 0 atom stereocenters. The summed E-state index contributed by atoms with van der Waals surface area (Å²) >= 11 is 1.52. The minimum Gasteiger partial charge on any atom is -0.329 e. The van der Waals surface area contributed by atoms with E-state index in [-0.39, 0.29) is 5.69 Å². The maximum absolute atomic E-state index is 12.7. The number of carbonyl (C=O) groups excluding carboxylic acids is 1. The van der Waals surface area contributed by atoms with Crippen LogP contribution in [0.3, 0.4) is 0 Å². The van der Waals surface area contributed by atoms with Crippen LogP contribution >= 0.6 is 11.8 Å². The van der Waals surface area contributed by atoms with Crippen molar-refractivity contribution in [1.29, 1.82) is 0 Å². The van der Waals surface area contributed by atoms with Gasteiger partial charge in [0.2, 0.25) is 5.43 Å². The third-order valence-corrected chi connectivity index (χ3v) is 5.51. The van der Waals surface area contributed by atoms with E-state index in [2.05, 4.69) is 15.4 Å². The van der Waals surface area contributed by atoms with E-state index in [9.17, 15) is 9.59 Å². The van der Waals surface area contributed by atoms with E-state index < -0.39 is 11.3 Å². The number of para-hydroxylation sites is 1. The summed E-state index contributed by atoms with van der Waals surface area (Å²) in [6.07, 6.45) is 3.63. The van der Waals surface area contributed by atoms with E-state index in [1.165, 1.54) is 17.8 Å². The minimum atomic E-state index is -0.547.